The van der Waals surface area contributed by atoms with Crippen LogP contribution in [-0.2, 0) is 0 Å². The Morgan fingerprint density at radius 2 is 1.97 bits per heavy atom. The van der Waals surface area contributed by atoms with E-state index < -0.39 is 0 Å². The van der Waals surface area contributed by atoms with Crippen molar-refractivity contribution < 1.29 is 4.79 Å². The summed E-state index contributed by atoms with van der Waals surface area (Å²) in [6.45, 7) is 6.03. The number of hydrogen-bond acceptors (Lipinski definition) is 8. The zero-order valence-corrected chi connectivity index (χ0v) is 19.8. The number of H-pyrrole nitrogens is 1. The van der Waals surface area contributed by atoms with Gasteiger partial charge in [-0.25, -0.2) is 14.5 Å². The second kappa shape index (κ2) is 8.15. The van der Waals surface area contributed by atoms with E-state index in [1.54, 1.807) is 16.3 Å². The van der Waals surface area contributed by atoms with Crippen molar-refractivity contribution in [2.24, 2.45) is 5.73 Å². The number of carbonyl (C=O) groups is 1. The third-order valence-electron chi connectivity index (χ3n) is 6.91. The molecule has 6 rings (SSSR count). The molecule has 12 heteroatoms. The van der Waals surface area contributed by atoms with Crippen molar-refractivity contribution in [2.45, 2.75) is 51.6 Å². The number of nitrogens with two attached hydrogens (primary N) is 1. The monoisotopic (exact) mass is 476 g/mol. The molecule has 0 bridgehead atoms. The Bertz CT molecular complexity index is 1500. The summed E-state index contributed by atoms with van der Waals surface area (Å²) in [4.78, 5) is 43.2. The number of anilines is 1. The summed E-state index contributed by atoms with van der Waals surface area (Å²) in [5, 5.41) is 7.62. The number of hydrogen-bond donors (Lipinski definition) is 2. The molecule has 0 aliphatic carbocycles. The summed E-state index contributed by atoms with van der Waals surface area (Å²) >= 11 is 0. The number of piperidine rings is 1. The average molecular weight is 477 g/mol. The van der Waals surface area contributed by atoms with Gasteiger partial charge in [-0.05, 0) is 39.5 Å². The van der Waals surface area contributed by atoms with E-state index in [1.807, 2.05) is 19.2 Å². The maximum atomic E-state index is 13.5. The highest BCUT2D eigenvalue weighted by Gasteiger charge is 2.33. The fourth-order valence-electron chi connectivity index (χ4n) is 5.19. The number of rotatable bonds is 3. The van der Waals surface area contributed by atoms with Gasteiger partial charge in [0.25, 0.3) is 17.2 Å². The second-order valence-electron chi connectivity index (χ2n) is 9.57. The molecule has 182 valence electrons. The molecule has 2 atom stereocenters. The lowest BCUT2D eigenvalue weighted by Crippen LogP contribution is -2.39. The molecule has 35 heavy (non-hydrogen) atoms. The summed E-state index contributed by atoms with van der Waals surface area (Å²) in [6, 6.07) is 3.33. The molecule has 2 fully saturated rings. The van der Waals surface area contributed by atoms with Gasteiger partial charge in [0.15, 0.2) is 5.65 Å². The highest BCUT2D eigenvalue weighted by molar-refractivity contribution is 5.91. The van der Waals surface area contributed by atoms with E-state index in [0.29, 0.717) is 12.2 Å². The minimum absolute atomic E-state index is 0.0949. The van der Waals surface area contributed by atoms with Gasteiger partial charge in [-0.1, -0.05) is 0 Å². The smallest absolute Gasteiger partial charge is 0.291 e. The maximum Gasteiger partial charge on any atom is 0.291 e. The van der Waals surface area contributed by atoms with Crippen molar-refractivity contribution in [1.29, 1.82) is 0 Å². The first-order valence-electron chi connectivity index (χ1n) is 12.0. The number of likely N-dealkylation sites (tertiary alicyclic amines) is 1. The van der Waals surface area contributed by atoms with E-state index in [9.17, 15) is 9.59 Å². The normalized spacial score (nSPS) is 20.9. The van der Waals surface area contributed by atoms with Crippen molar-refractivity contribution in [3.05, 3.63) is 51.5 Å². The molecule has 0 saturated carbocycles. The zero-order chi connectivity index (χ0) is 24.3. The number of nitrogens with zero attached hydrogens (tertiary/aromatic N) is 8. The van der Waals surface area contributed by atoms with E-state index in [2.05, 4.69) is 20.0 Å². The van der Waals surface area contributed by atoms with Crippen LogP contribution in [0.15, 0.2) is 23.1 Å². The van der Waals surface area contributed by atoms with Gasteiger partial charge < -0.3 is 15.5 Å². The number of fused-ring (bicyclic) bond motifs is 2. The van der Waals surface area contributed by atoms with Crippen molar-refractivity contribution >= 4 is 23.1 Å². The topological polar surface area (TPSA) is 143 Å². The Balaban J connectivity index is 1.34. The first-order valence-corrected chi connectivity index (χ1v) is 12.0. The lowest BCUT2D eigenvalue weighted by molar-refractivity contribution is 0.0593. The van der Waals surface area contributed by atoms with Gasteiger partial charge in [0.1, 0.15) is 5.82 Å². The Kier molecular flexibility index (Phi) is 5.06. The molecule has 4 aromatic heterocycles. The Labute approximate surface area is 200 Å². The number of aryl methyl sites for hydroxylation is 2. The lowest BCUT2D eigenvalue weighted by Gasteiger charge is -2.34. The third-order valence-corrected chi connectivity index (χ3v) is 6.91. The molecule has 2 saturated heterocycles. The van der Waals surface area contributed by atoms with Gasteiger partial charge in [-0.15, -0.1) is 0 Å². The quantitative estimate of drug-likeness (QED) is 0.446. The molecule has 6 heterocycles. The van der Waals surface area contributed by atoms with Crippen LogP contribution in [0.1, 0.15) is 59.3 Å². The highest BCUT2D eigenvalue weighted by Crippen LogP contribution is 2.32. The van der Waals surface area contributed by atoms with Crippen LogP contribution in [0.25, 0.3) is 11.4 Å². The summed E-state index contributed by atoms with van der Waals surface area (Å²) < 4.78 is 2.98. The fraction of sp³-hybridized carbons (Fsp3) is 0.478. The molecule has 2 aliphatic heterocycles. The predicted octanol–water partition coefficient (Wildman–Crippen LogP) is 0.982. The van der Waals surface area contributed by atoms with E-state index in [-0.39, 0.29) is 35.2 Å². The van der Waals surface area contributed by atoms with Crippen molar-refractivity contribution in [2.75, 3.05) is 24.5 Å². The summed E-state index contributed by atoms with van der Waals surface area (Å²) in [6.07, 6.45) is 5.62. The summed E-state index contributed by atoms with van der Waals surface area (Å²) in [5.41, 5.74) is 8.93. The van der Waals surface area contributed by atoms with Crippen molar-refractivity contribution in [3.63, 3.8) is 0 Å². The SMILES string of the molecule is Cc1cc(=O)n2[nH]c(C(=O)N3CCCC[C@H]3c3cc4nc(N5CC[C@H](N)C5)c(C)cn4n3)nc2n1. The minimum atomic E-state index is -0.300. The standard InChI is InChI=1S/C23H28N10O2/c1-13-11-32-18(26-21(13)30-8-6-15(24)12-30)10-16(28-32)17-5-3-4-7-31(17)22(35)20-27-23-25-14(2)9-19(34)33(23)29-20/h9-11,15,17H,3-8,12,24H2,1-2H3,(H,25,27,29)/t15-,17-/m0/s1. The van der Waals surface area contributed by atoms with Crippen LogP contribution in [0.3, 0.4) is 0 Å². The second-order valence-corrected chi connectivity index (χ2v) is 9.57. The van der Waals surface area contributed by atoms with Gasteiger partial charge in [0.05, 0.1) is 11.7 Å². The molecule has 3 N–H and O–H groups in total. The number of nitrogens with one attached hydrogen (secondary N) is 1. The molecular weight excluding hydrogens is 448 g/mol. The molecule has 0 aromatic carbocycles. The first kappa shape index (κ1) is 21.7. The van der Waals surface area contributed by atoms with Crippen LogP contribution in [0, 0.1) is 13.8 Å². The molecule has 0 radical (unpaired) electrons. The number of carbonyl (C=O) groups excluding carboxylic acids is 1. The van der Waals surface area contributed by atoms with Crippen molar-refractivity contribution in [1.82, 2.24) is 39.1 Å². The minimum Gasteiger partial charge on any atom is -0.355 e. The lowest BCUT2D eigenvalue weighted by atomic mass is 9.99. The molecular formula is C23H28N10O2. The summed E-state index contributed by atoms with van der Waals surface area (Å²) in [5.74, 6) is 0.945. The van der Waals surface area contributed by atoms with E-state index in [1.165, 1.54) is 10.6 Å². The average Bonchev–Trinajstić information content (AvgIpc) is 3.56. The van der Waals surface area contributed by atoms with Crippen LogP contribution < -0.4 is 16.2 Å². The Hall–Kier alpha value is -3.80. The van der Waals surface area contributed by atoms with E-state index in [0.717, 1.165) is 61.5 Å². The number of aromatic amines is 1. The number of amides is 1. The maximum absolute atomic E-state index is 13.5. The molecule has 1 amide bonds. The van der Waals surface area contributed by atoms with Crippen LogP contribution in [0.5, 0.6) is 0 Å². The largest absolute Gasteiger partial charge is 0.355 e. The van der Waals surface area contributed by atoms with Gasteiger partial charge in [0.2, 0.25) is 5.82 Å². The predicted molar refractivity (Wildman–Crippen MR) is 129 cm³/mol. The van der Waals surface area contributed by atoms with Crippen LogP contribution in [0.4, 0.5) is 5.82 Å². The van der Waals surface area contributed by atoms with Gasteiger partial charge in [0, 0.05) is 55.3 Å². The van der Waals surface area contributed by atoms with Crippen molar-refractivity contribution in [3.8, 4) is 0 Å². The summed E-state index contributed by atoms with van der Waals surface area (Å²) in [7, 11) is 0. The molecule has 0 spiro atoms. The van der Waals surface area contributed by atoms with Gasteiger partial charge in [-0.3, -0.25) is 14.7 Å². The van der Waals surface area contributed by atoms with Crippen LogP contribution in [0.2, 0.25) is 0 Å². The van der Waals surface area contributed by atoms with Crippen LogP contribution in [-0.4, -0.2) is 70.7 Å². The Morgan fingerprint density at radius 1 is 1.11 bits per heavy atom. The van der Waals surface area contributed by atoms with Gasteiger partial charge >= 0.3 is 0 Å². The van der Waals surface area contributed by atoms with Gasteiger partial charge in [-0.2, -0.15) is 14.6 Å². The zero-order valence-electron chi connectivity index (χ0n) is 19.8. The number of aromatic nitrogens is 7. The first-order chi connectivity index (χ1) is 16.9. The molecule has 4 aromatic rings. The highest BCUT2D eigenvalue weighted by atomic mass is 16.2. The fourth-order valence-corrected chi connectivity index (χ4v) is 5.19. The molecule has 0 unspecified atom stereocenters. The Morgan fingerprint density at radius 3 is 2.77 bits per heavy atom. The van der Waals surface area contributed by atoms with Crippen LogP contribution >= 0.6 is 0 Å². The van der Waals surface area contributed by atoms with E-state index in [4.69, 9.17) is 15.8 Å². The van der Waals surface area contributed by atoms with E-state index >= 15 is 0 Å². The third kappa shape index (κ3) is 3.73. The molecule has 2 aliphatic rings. The molecule has 12 nitrogen and oxygen atoms in total.